The van der Waals surface area contributed by atoms with Crippen molar-refractivity contribution in [2.75, 3.05) is 10.1 Å². The van der Waals surface area contributed by atoms with Gasteiger partial charge < -0.3 is 5.32 Å². The second kappa shape index (κ2) is 7.90. The number of rotatable bonds is 5. The average Bonchev–Trinajstić information content (AvgIpc) is 2.82. The molecule has 1 aliphatic heterocycles. The van der Waals surface area contributed by atoms with Crippen LogP contribution in [0.4, 0.5) is 5.69 Å². The van der Waals surface area contributed by atoms with E-state index in [0.29, 0.717) is 9.87 Å². The summed E-state index contributed by atoms with van der Waals surface area (Å²) in [6, 6.07) is 9.66. The van der Waals surface area contributed by atoms with Gasteiger partial charge >= 0.3 is 0 Å². The van der Waals surface area contributed by atoms with Gasteiger partial charge in [-0.2, -0.15) is 0 Å². The number of sulfonamides is 2. The normalized spacial score (nSPS) is 17.5. The summed E-state index contributed by atoms with van der Waals surface area (Å²) in [5.74, 6) is -1.52. The van der Waals surface area contributed by atoms with Crippen LogP contribution in [0.25, 0.3) is 0 Å². The Morgan fingerprint density at radius 1 is 1.19 bits per heavy atom. The van der Waals surface area contributed by atoms with Crippen molar-refractivity contribution in [3.05, 3.63) is 58.6 Å². The van der Waals surface area contributed by atoms with E-state index in [0.717, 1.165) is 0 Å². The first kappa shape index (κ1) is 23.2. The maximum atomic E-state index is 12.6. The molecule has 1 saturated heterocycles. The minimum atomic E-state index is -3.93. The van der Waals surface area contributed by atoms with Gasteiger partial charge in [-0.3, -0.25) is 9.59 Å². The van der Waals surface area contributed by atoms with Crippen molar-refractivity contribution in [3.63, 3.8) is 0 Å². The lowest BCUT2D eigenvalue weighted by atomic mass is 9.95. The summed E-state index contributed by atoms with van der Waals surface area (Å²) < 4.78 is 48.3. The van der Waals surface area contributed by atoms with Gasteiger partial charge in [-0.15, -0.1) is 0 Å². The third-order valence-electron chi connectivity index (χ3n) is 4.72. The summed E-state index contributed by atoms with van der Waals surface area (Å²) in [5, 5.41) is 7.71. The first-order chi connectivity index (χ1) is 14.2. The monoisotopic (exact) mass is 485 g/mol. The predicted molar refractivity (Wildman–Crippen MR) is 115 cm³/mol. The van der Waals surface area contributed by atoms with E-state index in [1.807, 2.05) is 0 Å². The van der Waals surface area contributed by atoms with Gasteiger partial charge in [0.1, 0.15) is 0 Å². The van der Waals surface area contributed by atoms with Gasteiger partial charge in [-0.05, 0) is 49.7 Å². The Hall–Kier alpha value is -2.47. The Morgan fingerprint density at radius 3 is 2.32 bits per heavy atom. The van der Waals surface area contributed by atoms with Gasteiger partial charge in [-0.25, -0.2) is 26.3 Å². The molecule has 2 aromatic rings. The van der Waals surface area contributed by atoms with Crippen LogP contribution in [0, 0.1) is 5.41 Å². The lowest BCUT2D eigenvalue weighted by Crippen LogP contribution is -2.33. The molecule has 0 saturated carbocycles. The first-order valence-corrected chi connectivity index (χ1v) is 12.5. The lowest BCUT2D eigenvalue weighted by Gasteiger charge is -2.19. The van der Waals surface area contributed by atoms with Crippen molar-refractivity contribution < 1.29 is 26.4 Å². The topological polar surface area (TPSA) is 144 Å². The number of anilines is 1. The number of carbonyl (C=O) groups excluding carboxylic acids is 2. The summed E-state index contributed by atoms with van der Waals surface area (Å²) in [7, 11) is -7.74. The summed E-state index contributed by atoms with van der Waals surface area (Å²) in [4.78, 5) is 25.1. The number of benzene rings is 2. The molecule has 0 bridgehead atoms. The smallest absolute Gasteiger partial charge is 0.251 e. The van der Waals surface area contributed by atoms with E-state index in [2.05, 4.69) is 5.32 Å². The van der Waals surface area contributed by atoms with E-state index in [1.54, 1.807) is 0 Å². The maximum Gasteiger partial charge on any atom is 0.251 e. The molecule has 0 atom stereocenters. The van der Waals surface area contributed by atoms with Gasteiger partial charge in [0.15, 0.2) is 0 Å². The molecule has 2 aromatic carbocycles. The van der Waals surface area contributed by atoms with Crippen molar-refractivity contribution in [1.29, 1.82) is 0 Å². The fourth-order valence-corrected chi connectivity index (χ4v) is 6.02. The van der Waals surface area contributed by atoms with Gasteiger partial charge in [0, 0.05) is 12.1 Å². The molecule has 3 rings (SSSR count). The molecule has 2 amide bonds. The molecule has 1 fully saturated rings. The predicted octanol–water partition coefficient (Wildman–Crippen LogP) is 1.62. The highest BCUT2D eigenvalue weighted by molar-refractivity contribution is 7.94. The molecular weight excluding hydrogens is 466 g/mol. The standard InChI is InChI=1S/C19H20ClN3O6S2/c1-19(2)11-30(26,27)23(18(19)25)16-9-13(5-8-15(16)20)17(24)22-10-12-3-6-14(7-4-12)31(21,28)29/h3-9H,10-11H2,1-2H3,(H,22,24)(H2,21,28,29). The van der Waals surface area contributed by atoms with Gasteiger partial charge in [0.05, 0.1) is 26.8 Å². The van der Waals surface area contributed by atoms with Crippen LogP contribution in [0.1, 0.15) is 29.8 Å². The van der Waals surface area contributed by atoms with Crippen LogP contribution in [0.5, 0.6) is 0 Å². The quantitative estimate of drug-likeness (QED) is 0.658. The number of nitrogens with two attached hydrogens (primary N) is 1. The molecule has 1 aliphatic rings. The molecule has 166 valence electrons. The molecule has 0 aromatic heterocycles. The largest absolute Gasteiger partial charge is 0.348 e. The zero-order valence-electron chi connectivity index (χ0n) is 16.6. The number of hydrogen-bond donors (Lipinski definition) is 2. The van der Waals surface area contributed by atoms with Crippen LogP contribution in [0.15, 0.2) is 47.4 Å². The van der Waals surface area contributed by atoms with E-state index in [1.165, 1.54) is 56.3 Å². The second-order valence-electron chi connectivity index (χ2n) is 7.75. The zero-order chi connectivity index (χ0) is 23.2. The van der Waals surface area contributed by atoms with Crippen molar-refractivity contribution in [1.82, 2.24) is 5.32 Å². The molecule has 0 unspecified atom stereocenters. The number of halogens is 1. The minimum absolute atomic E-state index is 0.0183. The van der Waals surface area contributed by atoms with E-state index >= 15 is 0 Å². The highest BCUT2D eigenvalue weighted by Crippen LogP contribution is 2.39. The first-order valence-electron chi connectivity index (χ1n) is 8.99. The molecular formula is C19H20ClN3O6S2. The summed E-state index contributed by atoms with van der Waals surface area (Å²) in [5.41, 5.74) is -0.464. The highest BCUT2D eigenvalue weighted by Gasteiger charge is 2.50. The molecule has 0 aliphatic carbocycles. The fraction of sp³-hybridized carbons (Fsp3) is 0.263. The third-order valence-corrected chi connectivity index (χ3v) is 7.97. The number of amides is 2. The fourth-order valence-electron chi connectivity index (χ4n) is 3.13. The van der Waals surface area contributed by atoms with Gasteiger partial charge in [0.2, 0.25) is 26.0 Å². The Morgan fingerprint density at radius 2 is 1.81 bits per heavy atom. The number of primary sulfonamides is 1. The van der Waals surface area contributed by atoms with Crippen LogP contribution in [0.2, 0.25) is 5.02 Å². The van der Waals surface area contributed by atoms with Crippen LogP contribution in [-0.2, 0) is 31.4 Å². The number of nitrogens with one attached hydrogen (secondary N) is 1. The summed E-state index contributed by atoms with van der Waals surface area (Å²) in [6.45, 7) is 3.13. The van der Waals surface area contributed by atoms with E-state index in [9.17, 15) is 26.4 Å². The number of nitrogens with zero attached hydrogens (tertiary/aromatic N) is 1. The Balaban J connectivity index is 1.82. The van der Waals surface area contributed by atoms with Crippen molar-refractivity contribution in [3.8, 4) is 0 Å². The van der Waals surface area contributed by atoms with Crippen LogP contribution in [-0.4, -0.2) is 34.4 Å². The van der Waals surface area contributed by atoms with Crippen molar-refractivity contribution >= 4 is 49.1 Å². The molecule has 0 spiro atoms. The van der Waals surface area contributed by atoms with Crippen molar-refractivity contribution in [2.45, 2.75) is 25.3 Å². The molecule has 3 N–H and O–H groups in total. The highest BCUT2D eigenvalue weighted by atomic mass is 35.5. The van der Waals surface area contributed by atoms with Crippen LogP contribution in [0.3, 0.4) is 0 Å². The van der Waals surface area contributed by atoms with Crippen LogP contribution < -0.4 is 14.8 Å². The van der Waals surface area contributed by atoms with Gasteiger partial charge in [-0.1, -0.05) is 23.7 Å². The van der Waals surface area contributed by atoms with E-state index < -0.39 is 37.3 Å². The Labute approximate surface area is 185 Å². The SMILES string of the molecule is CC1(C)CS(=O)(=O)N(c2cc(C(=O)NCc3ccc(S(N)(=O)=O)cc3)ccc2Cl)C1=O. The molecule has 9 nitrogen and oxygen atoms in total. The zero-order valence-corrected chi connectivity index (χ0v) is 19.0. The molecule has 0 radical (unpaired) electrons. The number of carbonyl (C=O) groups is 2. The Kier molecular flexibility index (Phi) is 5.91. The summed E-state index contributed by atoms with van der Waals surface area (Å²) in [6.07, 6.45) is 0. The summed E-state index contributed by atoms with van der Waals surface area (Å²) >= 11 is 6.14. The van der Waals surface area contributed by atoms with Crippen LogP contribution >= 0.6 is 11.6 Å². The lowest BCUT2D eigenvalue weighted by molar-refractivity contribution is -0.123. The number of hydrogen-bond acceptors (Lipinski definition) is 6. The van der Waals surface area contributed by atoms with Crippen molar-refractivity contribution in [2.24, 2.45) is 10.6 Å². The molecule has 1 heterocycles. The second-order valence-corrected chi connectivity index (χ2v) is 11.5. The third kappa shape index (κ3) is 4.74. The Bertz CT molecular complexity index is 1270. The molecule has 31 heavy (non-hydrogen) atoms. The molecule has 12 heteroatoms. The van der Waals surface area contributed by atoms with E-state index in [4.69, 9.17) is 16.7 Å². The van der Waals surface area contributed by atoms with E-state index in [-0.39, 0.29) is 33.5 Å². The average molecular weight is 486 g/mol. The maximum absolute atomic E-state index is 12.6. The minimum Gasteiger partial charge on any atom is -0.348 e. The van der Waals surface area contributed by atoms with Gasteiger partial charge in [0.25, 0.3) is 5.91 Å².